The fourth-order valence-corrected chi connectivity index (χ4v) is 3.48. The Morgan fingerprint density at radius 2 is 1.96 bits per heavy atom. The topological polar surface area (TPSA) is 92.8 Å². The molecule has 2 amide bonds. The molecule has 0 aliphatic carbocycles. The van der Waals surface area contributed by atoms with E-state index in [4.69, 9.17) is 0 Å². The van der Waals surface area contributed by atoms with E-state index in [0.717, 1.165) is 16.8 Å². The smallest absolute Gasteiger partial charge is 0.293 e. The molecule has 2 aromatic heterocycles. The van der Waals surface area contributed by atoms with E-state index < -0.39 is 11.6 Å². The lowest BCUT2D eigenvalue weighted by atomic mass is 10.0. The molecule has 9 heteroatoms. The Balaban J connectivity index is 1.52. The highest BCUT2D eigenvalue weighted by atomic mass is 16.2. The summed E-state index contributed by atoms with van der Waals surface area (Å²) in [6, 6.07) is 10.4. The van der Waals surface area contributed by atoms with E-state index in [9.17, 15) is 14.4 Å². The molecule has 1 aliphatic rings. The van der Waals surface area contributed by atoms with Gasteiger partial charge in [0.05, 0.1) is 6.20 Å². The zero-order valence-electron chi connectivity index (χ0n) is 15.4. The summed E-state index contributed by atoms with van der Waals surface area (Å²) in [5.74, 6) is -0.452. The summed E-state index contributed by atoms with van der Waals surface area (Å²) in [6.07, 6.45) is 4.26. The predicted octanol–water partition coefficient (Wildman–Crippen LogP) is 0.545. The van der Waals surface area contributed by atoms with Gasteiger partial charge in [-0.25, -0.2) is 9.20 Å². The summed E-state index contributed by atoms with van der Waals surface area (Å²) in [5, 5.41) is 7.94. The van der Waals surface area contributed by atoms with Crippen molar-refractivity contribution in [1.82, 2.24) is 24.3 Å². The van der Waals surface area contributed by atoms with Gasteiger partial charge in [-0.3, -0.25) is 14.4 Å². The number of aromatic nitrogens is 4. The van der Waals surface area contributed by atoms with Crippen molar-refractivity contribution in [2.45, 2.75) is 25.4 Å². The van der Waals surface area contributed by atoms with E-state index in [0.29, 0.717) is 18.5 Å². The molecule has 1 atom stereocenters. The molecule has 1 aromatic carbocycles. The maximum Gasteiger partial charge on any atom is 0.293 e. The lowest BCUT2D eigenvalue weighted by Gasteiger charge is -2.36. The normalized spacial score (nSPS) is 17.1. The van der Waals surface area contributed by atoms with E-state index >= 15 is 0 Å². The Morgan fingerprint density at radius 1 is 1.18 bits per heavy atom. The molecular weight excluding hydrogens is 360 g/mol. The van der Waals surface area contributed by atoms with Crippen LogP contribution in [0.4, 0.5) is 5.69 Å². The van der Waals surface area contributed by atoms with Crippen LogP contribution in [0, 0.1) is 0 Å². The molecule has 1 unspecified atom stereocenters. The van der Waals surface area contributed by atoms with E-state index in [2.05, 4.69) is 10.2 Å². The van der Waals surface area contributed by atoms with E-state index in [1.54, 1.807) is 18.0 Å². The Kier molecular flexibility index (Phi) is 4.64. The monoisotopic (exact) mass is 380 g/mol. The van der Waals surface area contributed by atoms with Gasteiger partial charge in [-0.05, 0) is 31.0 Å². The van der Waals surface area contributed by atoms with Crippen LogP contribution in [0.1, 0.15) is 12.8 Å². The Hall–Kier alpha value is -3.49. The molecule has 1 saturated heterocycles. The standard InChI is InChI=1S/C19H20N6O3/c1-22(15-8-5-11-23(18(15)27)14-6-3-2-4-7-14)17(26)12-24-19(28)16-9-10-20-25(16)13-21-24/h2-4,6-7,9-10,13,15H,5,8,11-12H2,1H3. The van der Waals surface area contributed by atoms with Crippen LogP contribution in [-0.2, 0) is 16.1 Å². The van der Waals surface area contributed by atoms with Gasteiger partial charge in [0.1, 0.15) is 24.4 Å². The first kappa shape index (κ1) is 17.9. The lowest BCUT2D eigenvalue weighted by Crippen LogP contribution is -2.54. The van der Waals surface area contributed by atoms with Crippen molar-refractivity contribution < 1.29 is 9.59 Å². The number of anilines is 1. The number of nitrogens with zero attached hydrogens (tertiary/aromatic N) is 6. The number of rotatable bonds is 4. The number of piperidine rings is 1. The quantitative estimate of drug-likeness (QED) is 0.659. The van der Waals surface area contributed by atoms with E-state index in [1.165, 1.54) is 21.9 Å². The third-order valence-electron chi connectivity index (χ3n) is 5.05. The van der Waals surface area contributed by atoms with E-state index in [-0.39, 0.29) is 18.4 Å². The van der Waals surface area contributed by atoms with Crippen molar-refractivity contribution in [2.75, 3.05) is 18.5 Å². The fourth-order valence-electron chi connectivity index (χ4n) is 3.48. The zero-order valence-corrected chi connectivity index (χ0v) is 15.4. The second kappa shape index (κ2) is 7.26. The van der Waals surface area contributed by atoms with Crippen LogP contribution < -0.4 is 10.5 Å². The van der Waals surface area contributed by atoms with Crippen LogP contribution in [0.2, 0.25) is 0 Å². The summed E-state index contributed by atoms with van der Waals surface area (Å²) in [5.41, 5.74) is 0.763. The number of fused-ring (bicyclic) bond motifs is 1. The van der Waals surface area contributed by atoms with Crippen molar-refractivity contribution >= 4 is 23.0 Å². The van der Waals surface area contributed by atoms with Crippen molar-refractivity contribution in [3.05, 3.63) is 59.3 Å². The summed E-state index contributed by atoms with van der Waals surface area (Å²) in [4.78, 5) is 41.3. The highest BCUT2D eigenvalue weighted by Crippen LogP contribution is 2.23. The van der Waals surface area contributed by atoms with Gasteiger partial charge >= 0.3 is 0 Å². The highest BCUT2D eigenvalue weighted by molar-refractivity contribution is 5.99. The lowest BCUT2D eigenvalue weighted by molar-refractivity contribution is -0.139. The van der Waals surface area contributed by atoms with Gasteiger partial charge in [0.25, 0.3) is 5.56 Å². The van der Waals surface area contributed by atoms with Crippen LogP contribution in [-0.4, -0.2) is 55.7 Å². The molecule has 0 spiro atoms. The van der Waals surface area contributed by atoms with Gasteiger partial charge < -0.3 is 9.80 Å². The van der Waals surface area contributed by atoms with Crippen molar-refractivity contribution in [2.24, 2.45) is 0 Å². The molecular formula is C19H20N6O3. The second-order valence-electron chi connectivity index (χ2n) is 6.74. The minimum atomic E-state index is -0.559. The van der Waals surface area contributed by atoms with Crippen LogP contribution in [0.15, 0.2) is 53.7 Å². The average Bonchev–Trinajstić information content (AvgIpc) is 3.20. The molecule has 1 aliphatic heterocycles. The predicted molar refractivity (Wildman–Crippen MR) is 102 cm³/mol. The Labute approximate surface area is 160 Å². The third kappa shape index (κ3) is 3.15. The first-order valence-electron chi connectivity index (χ1n) is 9.08. The number of hydrogen-bond acceptors (Lipinski definition) is 5. The molecule has 0 bridgehead atoms. The summed E-state index contributed by atoms with van der Waals surface area (Å²) in [7, 11) is 1.60. The van der Waals surface area contributed by atoms with Gasteiger partial charge in [-0.1, -0.05) is 18.2 Å². The molecule has 0 N–H and O–H groups in total. The van der Waals surface area contributed by atoms with Gasteiger partial charge in [0, 0.05) is 19.3 Å². The van der Waals surface area contributed by atoms with E-state index in [1.807, 2.05) is 30.3 Å². The molecule has 4 rings (SSSR count). The number of carbonyl (C=O) groups excluding carboxylic acids is 2. The second-order valence-corrected chi connectivity index (χ2v) is 6.74. The number of likely N-dealkylation sites (N-methyl/N-ethyl adjacent to an activating group) is 1. The van der Waals surface area contributed by atoms with Crippen molar-refractivity contribution in [3.63, 3.8) is 0 Å². The maximum atomic E-state index is 13.0. The molecule has 28 heavy (non-hydrogen) atoms. The van der Waals surface area contributed by atoms with Crippen molar-refractivity contribution in [1.29, 1.82) is 0 Å². The SMILES string of the molecule is CN(C(=O)Cn1ncn2nccc2c1=O)C1CCCN(c2ccccc2)C1=O. The van der Waals surface area contributed by atoms with Crippen LogP contribution in [0.3, 0.4) is 0 Å². The Bertz CT molecular complexity index is 1070. The first-order chi connectivity index (χ1) is 13.6. The average molecular weight is 380 g/mol. The minimum Gasteiger partial charge on any atom is -0.332 e. The third-order valence-corrected chi connectivity index (χ3v) is 5.05. The summed E-state index contributed by atoms with van der Waals surface area (Å²) in [6.45, 7) is 0.395. The molecule has 0 saturated carbocycles. The maximum absolute atomic E-state index is 13.0. The number of carbonyl (C=O) groups is 2. The number of hydrogen-bond donors (Lipinski definition) is 0. The van der Waals surface area contributed by atoms with Crippen LogP contribution in [0.5, 0.6) is 0 Å². The largest absolute Gasteiger partial charge is 0.332 e. The molecule has 0 radical (unpaired) electrons. The van der Waals surface area contributed by atoms with Crippen LogP contribution >= 0.6 is 0 Å². The molecule has 1 fully saturated rings. The highest BCUT2D eigenvalue weighted by Gasteiger charge is 2.34. The molecule has 3 heterocycles. The van der Waals surface area contributed by atoms with Crippen molar-refractivity contribution in [3.8, 4) is 0 Å². The van der Waals surface area contributed by atoms with Gasteiger partial charge in [0.15, 0.2) is 0 Å². The molecule has 9 nitrogen and oxygen atoms in total. The van der Waals surface area contributed by atoms with Gasteiger partial charge in [-0.15, -0.1) is 0 Å². The van der Waals surface area contributed by atoms with Gasteiger partial charge in [0.2, 0.25) is 11.8 Å². The number of para-hydroxylation sites is 1. The number of benzene rings is 1. The zero-order chi connectivity index (χ0) is 19.7. The van der Waals surface area contributed by atoms with Gasteiger partial charge in [-0.2, -0.15) is 10.2 Å². The fraction of sp³-hybridized carbons (Fsp3) is 0.316. The first-order valence-corrected chi connectivity index (χ1v) is 9.08. The summed E-state index contributed by atoms with van der Waals surface area (Å²) >= 11 is 0. The molecule has 3 aromatic rings. The van der Waals surface area contributed by atoms with Crippen LogP contribution in [0.25, 0.3) is 5.52 Å². The Morgan fingerprint density at radius 3 is 2.75 bits per heavy atom. The summed E-state index contributed by atoms with van der Waals surface area (Å²) < 4.78 is 2.45. The minimum absolute atomic E-state index is 0.111. The molecule has 144 valence electrons. The number of amides is 2.